The van der Waals surface area contributed by atoms with Crippen molar-refractivity contribution in [1.82, 2.24) is 0 Å². The third-order valence-electron chi connectivity index (χ3n) is 1.07. The Kier molecular flexibility index (Phi) is 5.72. The van der Waals surface area contributed by atoms with Crippen LogP contribution in [0.4, 0.5) is 0 Å². The van der Waals surface area contributed by atoms with Gasteiger partial charge < -0.3 is 5.11 Å². The molecule has 1 N–H and O–H groups in total. The first-order valence-corrected chi connectivity index (χ1v) is 3.29. The maximum Gasteiger partial charge on any atom is 0.0797 e. The first-order chi connectivity index (χ1) is 5.43. The van der Waals surface area contributed by atoms with E-state index in [-0.39, 0.29) is 0 Å². The highest BCUT2D eigenvalue weighted by Crippen LogP contribution is 1.98. The van der Waals surface area contributed by atoms with Crippen LogP contribution < -0.4 is 0 Å². The summed E-state index contributed by atoms with van der Waals surface area (Å²) in [5.41, 5.74) is 1.01. The summed E-state index contributed by atoms with van der Waals surface area (Å²) in [6.45, 7) is 6.00. The van der Waals surface area contributed by atoms with E-state index < -0.39 is 0 Å². The van der Waals surface area contributed by atoms with E-state index in [9.17, 15) is 0 Å². The minimum absolute atomic E-state index is 1.01. The van der Waals surface area contributed by atoms with E-state index in [2.05, 4.69) is 13.2 Å². The predicted molar refractivity (Wildman–Crippen MR) is 49.4 cm³/mol. The highest BCUT2D eigenvalue weighted by Gasteiger charge is 1.78. The van der Waals surface area contributed by atoms with Crippen molar-refractivity contribution >= 4 is 6.08 Å². The second kappa shape index (κ2) is 6.62. The lowest BCUT2D eigenvalue weighted by atomic mass is 10.2. The van der Waals surface area contributed by atoms with E-state index in [4.69, 9.17) is 5.11 Å². The second-order valence-corrected chi connectivity index (χ2v) is 1.73. The molecule has 0 aliphatic carbocycles. The lowest BCUT2D eigenvalue weighted by molar-refractivity contribution is 0.478. The number of hydrogen-bond acceptors (Lipinski definition) is 1. The number of rotatable bonds is 1. The number of aliphatic hydroxyl groups is 1. The molecule has 0 fully saturated rings. The van der Waals surface area contributed by atoms with Gasteiger partial charge in [-0.15, -0.1) is 13.2 Å². The first-order valence-electron chi connectivity index (χ1n) is 3.29. The molecule has 0 bridgehead atoms. The monoisotopic (exact) mass is 148 g/mol. The summed E-state index contributed by atoms with van der Waals surface area (Å²) in [5, 5.41) is 8.34. The number of hydrogen-bond donors (Lipinski definition) is 1. The molecule has 0 aliphatic heterocycles. The Labute approximate surface area is 67.3 Å². The molecule has 0 spiro atoms. The molecule has 0 saturated heterocycles. The molecule has 11 heavy (non-hydrogen) atoms. The van der Waals surface area contributed by atoms with Gasteiger partial charge in [0.25, 0.3) is 0 Å². The van der Waals surface area contributed by atoms with Crippen molar-refractivity contribution in [2.75, 3.05) is 0 Å². The minimum atomic E-state index is 1.01. The summed E-state index contributed by atoms with van der Waals surface area (Å²) in [5.74, 6) is 0. The number of aliphatic hydroxyl groups excluding tert-OH is 1. The maximum atomic E-state index is 8.34. The Bertz CT molecular complexity index is 201. The van der Waals surface area contributed by atoms with Crippen LogP contribution in [0.1, 0.15) is 5.56 Å². The summed E-state index contributed by atoms with van der Waals surface area (Å²) in [4.78, 5) is 0. The summed E-state index contributed by atoms with van der Waals surface area (Å²) in [6, 6.07) is 9.64. The van der Waals surface area contributed by atoms with E-state index in [1.54, 1.807) is 6.08 Å². The van der Waals surface area contributed by atoms with Gasteiger partial charge in [-0.25, -0.2) is 0 Å². The van der Waals surface area contributed by atoms with Crippen LogP contribution in [0.3, 0.4) is 0 Å². The smallest absolute Gasteiger partial charge is 0.0797 e. The Morgan fingerprint density at radius 3 is 2.09 bits per heavy atom. The van der Waals surface area contributed by atoms with Crippen molar-refractivity contribution in [2.24, 2.45) is 0 Å². The summed E-state index contributed by atoms with van der Waals surface area (Å²) in [7, 11) is 0. The summed E-state index contributed by atoms with van der Waals surface area (Å²) < 4.78 is 0. The van der Waals surface area contributed by atoms with Gasteiger partial charge in [-0.3, -0.25) is 0 Å². The van der Waals surface area contributed by atoms with Gasteiger partial charge in [-0.1, -0.05) is 30.3 Å². The summed E-state index contributed by atoms with van der Waals surface area (Å²) >= 11 is 0. The van der Waals surface area contributed by atoms with Crippen LogP contribution in [-0.4, -0.2) is 5.11 Å². The van der Waals surface area contributed by atoms with Gasteiger partial charge in [0.15, 0.2) is 0 Å². The normalized spacial score (nSPS) is 8.73. The van der Waals surface area contributed by atoms with Gasteiger partial charge in [-0.2, -0.15) is 0 Å². The predicted octanol–water partition coefficient (Wildman–Crippen LogP) is 3.02. The molecule has 0 heterocycles. The van der Waals surface area contributed by atoms with Crippen molar-refractivity contribution < 1.29 is 5.11 Å². The summed E-state index contributed by atoms with van der Waals surface area (Å²) in [6.07, 6.45) is 2.68. The quantitative estimate of drug-likeness (QED) is 0.479. The van der Waals surface area contributed by atoms with Gasteiger partial charge >= 0.3 is 0 Å². The fourth-order valence-electron chi connectivity index (χ4n) is 0.650. The SMILES string of the molecule is C=C.OC=Cc1ccccc1. The van der Waals surface area contributed by atoms with Gasteiger partial charge in [0.1, 0.15) is 0 Å². The highest BCUT2D eigenvalue weighted by molar-refractivity contribution is 5.47. The molecule has 0 unspecified atom stereocenters. The lowest BCUT2D eigenvalue weighted by Crippen LogP contribution is -1.66. The third-order valence-corrected chi connectivity index (χ3v) is 1.07. The van der Waals surface area contributed by atoms with E-state index in [0.717, 1.165) is 11.8 Å². The van der Waals surface area contributed by atoms with E-state index in [0.29, 0.717) is 0 Å². The van der Waals surface area contributed by atoms with Crippen molar-refractivity contribution in [3.63, 3.8) is 0 Å². The third kappa shape index (κ3) is 3.98. The average Bonchev–Trinajstić information content (AvgIpc) is 2.11. The Morgan fingerprint density at radius 2 is 1.64 bits per heavy atom. The van der Waals surface area contributed by atoms with Crippen LogP contribution in [0.15, 0.2) is 49.8 Å². The Hall–Kier alpha value is -1.50. The lowest BCUT2D eigenvalue weighted by Gasteiger charge is -1.86. The van der Waals surface area contributed by atoms with E-state index in [1.165, 1.54) is 0 Å². The molecule has 0 aliphatic rings. The Balaban J connectivity index is 0.000000461. The highest BCUT2D eigenvalue weighted by atomic mass is 16.2. The molecule has 0 atom stereocenters. The zero-order valence-corrected chi connectivity index (χ0v) is 6.40. The fourth-order valence-corrected chi connectivity index (χ4v) is 0.650. The molecule has 1 aromatic carbocycles. The molecule has 1 nitrogen and oxygen atoms in total. The molecule has 1 aromatic rings. The topological polar surface area (TPSA) is 20.2 Å². The van der Waals surface area contributed by atoms with Crippen molar-refractivity contribution in [3.05, 3.63) is 55.3 Å². The van der Waals surface area contributed by atoms with Gasteiger partial charge in [0.2, 0.25) is 0 Å². The molecular weight excluding hydrogens is 136 g/mol. The standard InChI is InChI=1S/C8H8O.C2H4/c9-7-6-8-4-2-1-3-5-8;1-2/h1-7,9H;1-2H2. The van der Waals surface area contributed by atoms with Crippen LogP contribution in [0.2, 0.25) is 0 Å². The van der Waals surface area contributed by atoms with Crippen LogP contribution in [0.25, 0.3) is 6.08 Å². The average molecular weight is 148 g/mol. The molecule has 0 amide bonds. The molecule has 0 saturated carbocycles. The molecule has 0 radical (unpaired) electrons. The largest absolute Gasteiger partial charge is 0.516 e. The molecular formula is C10H12O. The Morgan fingerprint density at radius 1 is 1.09 bits per heavy atom. The van der Waals surface area contributed by atoms with Crippen LogP contribution in [0.5, 0.6) is 0 Å². The van der Waals surface area contributed by atoms with Crippen molar-refractivity contribution in [3.8, 4) is 0 Å². The van der Waals surface area contributed by atoms with Crippen LogP contribution in [-0.2, 0) is 0 Å². The second-order valence-electron chi connectivity index (χ2n) is 1.73. The van der Waals surface area contributed by atoms with E-state index in [1.807, 2.05) is 30.3 Å². The van der Waals surface area contributed by atoms with Gasteiger partial charge in [0, 0.05) is 0 Å². The van der Waals surface area contributed by atoms with Gasteiger partial charge in [0.05, 0.1) is 6.26 Å². The maximum absolute atomic E-state index is 8.34. The molecule has 0 aromatic heterocycles. The van der Waals surface area contributed by atoms with Gasteiger partial charge in [-0.05, 0) is 11.6 Å². The first kappa shape index (κ1) is 9.50. The minimum Gasteiger partial charge on any atom is -0.516 e. The van der Waals surface area contributed by atoms with Crippen molar-refractivity contribution in [1.29, 1.82) is 0 Å². The zero-order valence-electron chi connectivity index (χ0n) is 6.40. The molecule has 1 heteroatoms. The molecule has 58 valence electrons. The van der Waals surface area contributed by atoms with Crippen molar-refractivity contribution in [2.45, 2.75) is 0 Å². The fraction of sp³-hybridized carbons (Fsp3) is 0. The zero-order chi connectivity index (χ0) is 8.53. The van der Waals surface area contributed by atoms with Crippen LogP contribution >= 0.6 is 0 Å². The molecule has 1 rings (SSSR count). The van der Waals surface area contributed by atoms with E-state index >= 15 is 0 Å². The van der Waals surface area contributed by atoms with Crippen LogP contribution in [0, 0.1) is 0 Å². The number of benzene rings is 1.